The summed E-state index contributed by atoms with van der Waals surface area (Å²) in [6.45, 7) is 9.68. The Kier molecular flexibility index (Phi) is 8.77. The molecular formula is C17H33NO3S2. The van der Waals surface area contributed by atoms with Crippen LogP contribution in [-0.4, -0.2) is 60.3 Å². The fourth-order valence-corrected chi connectivity index (χ4v) is 5.12. The third-order valence-electron chi connectivity index (χ3n) is 4.63. The summed E-state index contributed by atoms with van der Waals surface area (Å²) >= 11 is 0. The Bertz CT molecular complexity index is 357. The Labute approximate surface area is 149 Å². The maximum Gasteiger partial charge on any atom is 0.306 e. The number of likely N-dealkylation sites (tertiary alicyclic amines) is 1. The molecule has 1 aliphatic rings. The van der Waals surface area contributed by atoms with Crippen molar-refractivity contribution in [2.24, 2.45) is 0 Å². The zero-order chi connectivity index (χ0) is 17.5. The summed E-state index contributed by atoms with van der Waals surface area (Å²) in [6, 6.07) is 0. The monoisotopic (exact) mass is 363 g/mol. The van der Waals surface area contributed by atoms with Crippen molar-refractivity contribution < 1.29 is 14.3 Å². The highest BCUT2D eigenvalue weighted by atomic mass is 33.1. The van der Waals surface area contributed by atoms with E-state index < -0.39 is 0 Å². The number of esters is 1. The number of ether oxygens (including phenoxy) is 2. The van der Waals surface area contributed by atoms with Gasteiger partial charge >= 0.3 is 5.97 Å². The van der Waals surface area contributed by atoms with E-state index in [1.54, 1.807) is 28.7 Å². The predicted molar refractivity (Wildman–Crippen MR) is 101 cm³/mol. The molecule has 1 fully saturated rings. The van der Waals surface area contributed by atoms with Crippen LogP contribution in [0.1, 0.15) is 53.4 Å². The van der Waals surface area contributed by atoms with Gasteiger partial charge in [0.25, 0.3) is 0 Å². The summed E-state index contributed by atoms with van der Waals surface area (Å²) in [5.74, 6) is 1.92. The molecule has 1 rings (SSSR count). The summed E-state index contributed by atoms with van der Waals surface area (Å²) in [4.78, 5) is 14.5. The van der Waals surface area contributed by atoms with Gasteiger partial charge in [-0.1, -0.05) is 21.6 Å². The number of piperidine rings is 1. The minimum atomic E-state index is -0.0476. The van der Waals surface area contributed by atoms with Crippen molar-refractivity contribution in [2.45, 2.75) is 70.6 Å². The molecule has 1 heterocycles. The van der Waals surface area contributed by atoms with Gasteiger partial charge in [-0.25, -0.2) is 0 Å². The molecule has 0 saturated carbocycles. The average Bonchev–Trinajstić information content (AvgIpc) is 2.43. The summed E-state index contributed by atoms with van der Waals surface area (Å²) in [6.07, 6.45) is 3.24. The fraction of sp³-hybridized carbons (Fsp3) is 0.941. The van der Waals surface area contributed by atoms with Gasteiger partial charge < -0.3 is 9.47 Å². The lowest BCUT2D eigenvalue weighted by atomic mass is 9.79. The lowest BCUT2D eigenvalue weighted by molar-refractivity contribution is -0.158. The van der Waals surface area contributed by atoms with Crippen molar-refractivity contribution in [3.63, 3.8) is 0 Å². The van der Waals surface area contributed by atoms with E-state index in [1.165, 1.54) is 0 Å². The van der Waals surface area contributed by atoms with Gasteiger partial charge in [-0.2, -0.15) is 0 Å². The van der Waals surface area contributed by atoms with Crippen LogP contribution in [0.4, 0.5) is 0 Å². The largest absolute Gasteiger partial charge is 0.462 e. The highest BCUT2D eigenvalue weighted by molar-refractivity contribution is 8.76. The summed E-state index contributed by atoms with van der Waals surface area (Å²) < 4.78 is 10.8. The second-order valence-electron chi connectivity index (χ2n) is 7.44. The normalized spacial score (nSPS) is 21.3. The average molecular weight is 364 g/mol. The molecule has 4 nitrogen and oxygen atoms in total. The molecule has 0 spiro atoms. The summed E-state index contributed by atoms with van der Waals surface area (Å²) in [5.41, 5.74) is 0.112. The van der Waals surface area contributed by atoms with Crippen molar-refractivity contribution in [2.75, 3.05) is 32.3 Å². The van der Waals surface area contributed by atoms with Gasteiger partial charge in [0.15, 0.2) is 0 Å². The van der Waals surface area contributed by atoms with Gasteiger partial charge in [-0.05, 0) is 41.2 Å². The first-order valence-corrected chi connectivity index (χ1v) is 10.8. The molecule has 0 atom stereocenters. The van der Waals surface area contributed by atoms with Crippen molar-refractivity contribution in [3.8, 4) is 0 Å². The summed E-state index contributed by atoms with van der Waals surface area (Å²) in [7, 11) is 7.48. The van der Waals surface area contributed by atoms with Gasteiger partial charge in [-0.15, -0.1) is 0 Å². The van der Waals surface area contributed by atoms with E-state index in [2.05, 4.69) is 39.6 Å². The number of hydrogen-bond donors (Lipinski definition) is 0. The molecule has 0 radical (unpaired) electrons. The maximum absolute atomic E-state index is 12.1. The third-order valence-corrected chi connectivity index (χ3v) is 7.09. The van der Waals surface area contributed by atoms with Crippen LogP contribution in [0.5, 0.6) is 0 Å². The highest BCUT2D eigenvalue weighted by Gasteiger charge is 2.44. The number of carbonyl (C=O) groups excluding carboxylic acids is 1. The van der Waals surface area contributed by atoms with Crippen LogP contribution in [0.2, 0.25) is 0 Å². The van der Waals surface area contributed by atoms with Crippen LogP contribution in [0.25, 0.3) is 0 Å². The highest BCUT2D eigenvalue weighted by Crippen LogP contribution is 2.38. The van der Waals surface area contributed by atoms with Crippen molar-refractivity contribution in [1.29, 1.82) is 0 Å². The van der Waals surface area contributed by atoms with E-state index in [9.17, 15) is 4.79 Å². The second-order valence-corrected chi connectivity index (χ2v) is 10.1. The van der Waals surface area contributed by atoms with E-state index >= 15 is 0 Å². The fourth-order valence-electron chi connectivity index (χ4n) is 3.12. The molecule has 136 valence electrons. The molecule has 0 bridgehead atoms. The zero-order valence-electron chi connectivity index (χ0n) is 15.5. The molecule has 0 N–H and O–H groups in total. The molecule has 1 saturated heterocycles. The van der Waals surface area contributed by atoms with Crippen LogP contribution >= 0.6 is 21.6 Å². The second kappa shape index (κ2) is 9.54. The van der Waals surface area contributed by atoms with Crippen LogP contribution in [0, 0.1) is 0 Å². The quantitative estimate of drug-likeness (QED) is 0.350. The standard InChI is InChI=1S/C17H33NO3S2/c1-16(2)12-14(13-17(3,4)18(16)5)21-15(19)8-7-10-22-23-11-9-20-6/h14H,7-13H2,1-6H3. The molecule has 0 aromatic rings. The lowest BCUT2D eigenvalue weighted by Gasteiger charge is -2.53. The Morgan fingerprint density at radius 1 is 1.13 bits per heavy atom. The first-order chi connectivity index (χ1) is 10.7. The van der Waals surface area contributed by atoms with Crippen molar-refractivity contribution in [1.82, 2.24) is 4.90 Å². The van der Waals surface area contributed by atoms with Crippen molar-refractivity contribution >= 4 is 27.6 Å². The Balaban J connectivity index is 2.26. The van der Waals surface area contributed by atoms with Crippen LogP contribution < -0.4 is 0 Å². The predicted octanol–water partition coefficient (Wildman–Crippen LogP) is 3.99. The molecule has 0 aliphatic carbocycles. The summed E-state index contributed by atoms with van der Waals surface area (Å²) in [5, 5.41) is 0. The van der Waals surface area contributed by atoms with Gasteiger partial charge in [-0.3, -0.25) is 9.69 Å². The zero-order valence-corrected chi connectivity index (χ0v) is 17.1. The minimum absolute atomic E-state index is 0.0347. The third kappa shape index (κ3) is 7.24. The number of nitrogens with zero attached hydrogens (tertiary/aromatic N) is 1. The number of hydrogen-bond acceptors (Lipinski definition) is 6. The van der Waals surface area contributed by atoms with Crippen LogP contribution in [-0.2, 0) is 14.3 Å². The number of methoxy groups -OCH3 is 1. The van der Waals surface area contributed by atoms with Crippen LogP contribution in [0.3, 0.4) is 0 Å². The SMILES string of the molecule is COCCSSCCCC(=O)OC1CC(C)(C)N(C)C(C)(C)C1. The molecule has 0 unspecified atom stereocenters. The lowest BCUT2D eigenvalue weighted by Crippen LogP contribution is -2.60. The van der Waals surface area contributed by atoms with E-state index in [-0.39, 0.29) is 23.2 Å². The van der Waals surface area contributed by atoms with Crippen LogP contribution in [0.15, 0.2) is 0 Å². The molecular weight excluding hydrogens is 330 g/mol. The van der Waals surface area contributed by atoms with Gasteiger partial charge in [0.05, 0.1) is 6.61 Å². The number of carbonyl (C=O) groups is 1. The van der Waals surface area contributed by atoms with E-state index in [0.717, 1.165) is 37.4 Å². The first kappa shape index (κ1) is 21.1. The van der Waals surface area contributed by atoms with Gasteiger partial charge in [0.2, 0.25) is 0 Å². The molecule has 0 aromatic heterocycles. The smallest absolute Gasteiger partial charge is 0.306 e. The molecule has 6 heteroatoms. The molecule has 23 heavy (non-hydrogen) atoms. The van der Waals surface area contributed by atoms with E-state index in [0.29, 0.717) is 6.42 Å². The molecule has 0 amide bonds. The Morgan fingerprint density at radius 3 is 2.26 bits per heavy atom. The van der Waals surface area contributed by atoms with Gasteiger partial charge in [0, 0.05) is 49.0 Å². The molecule has 1 aliphatic heterocycles. The number of rotatable bonds is 9. The minimum Gasteiger partial charge on any atom is -0.462 e. The van der Waals surface area contributed by atoms with E-state index in [1.807, 2.05) is 0 Å². The van der Waals surface area contributed by atoms with E-state index in [4.69, 9.17) is 9.47 Å². The maximum atomic E-state index is 12.1. The topological polar surface area (TPSA) is 38.8 Å². The van der Waals surface area contributed by atoms with Crippen molar-refractivity contribution in [3.05, 3.63) is 0 Å². The van der Waals surface area contributed by atoms with Gasteiger partial charge in [0.1, 0.15) is 6.10 Å². The Morgan fingerprint density at radius 2 is 1.70 bits per heavy atom. The Hall–Kier alpha value is 0.0900. The first-order valence-electron chi connectivity index (χ1n) is 8.36. The molecule has 0 aromatic carbocycles.